The molecular weight excluding hydrogens is 258 g/mol. The van der Waals surface area contributed by atoms with Gasteiger partial charge in [-0.1, -0.05) is 6.92 Å². The number of nitro groups is 1. The predicted octanol–water partition coefficient (Wildman–Crippen LogP) is 2.65. The van der Waals surface area contributed by atoms with Gasteiger partial charge in [0.15, 0.2) is 0 Å². The van der Waals surface area contributed by atoms with Crippen molar-refractivity contribution in [1.29, 1.82) is 0 Å². The second-order valence-corrected chi connectivity index (χ2v) is 5.87. The molecule has 1 heterocycles. The van der Waals surface area contributed by atoms with Gasteiger partial charge in [0, 0.05) is 18.3 Å². The average molecular weight is 279 g/mol. The van der Waals surface area contributed by atoms with Crippen molar-refractivity contribution in [2.75, 3.05) is 11.9 Å². The number of aromatic nitrogens is 1. The maximum Gasteiger partial charge on any atom is 0.277 e. The molecule has 0 bridgehead atoms. The van der Waals surface area contributed by atoms with Gasteiger partial charge < -0.3 is 10.4 Å². The fourth-order valence-corrected chi connectivity index (χ4v) is 2.54. The fourth-order valence-electron chi connectivity index (χ4n) is 2.54. The molecule has 1 aliphatic carbocycles. The highest BCUT2D eigenvalue weighted by molar-refractivity contribution is 5.49. The van der Waals surface area contributed by atoms with Gasteiger partial charge in [0.25, 0.3) is 5.69 Å². The minimum Gasteiger partial charge on any atom is -0.388 e. The zero-order valence-corrected chi connectivity index (χ0v) is 11.9. The first-order chi connectivity index (χ1) is 9.39. The van der Waals surface area contributed by atoms with E-state index in [1.165, 1.54) is 12.3 Å². The Morgan fingerprint density at radius 1 is 1.55 bits per heavy atom. The zero-order valence-electron chi connectivity index (χ0n) is 11.9. The van der Waals surface area contributed by atoms with E-state index in [9.17, 15) is 15.2 Å². The molecule has 0 aliphatic heterocycles. The Balaban J connectivity index is 2.00. The van der Waals surface area contributed by atoms with Crippen molar-refractivity contribution >= 4 is 11.5 Å². The summed E-state index contributed by atoms with van der Waals surface area (Å²) in [5.41, 5.74) is -0.147. The number of anilines is 1. The largest absolute Gasteiger partial charge is 0.388 e. The molecule has 1 aliphatic rings. The molecule has 0 atom stereocenters. The van der Waals surface area contributed by atoms with Gasteiger partial charge in [0.05, 0.1) is 16.6 Å². The van der Waals surface area contributed by atoms with Crippen LogP contribution in [0.1, 0.15) is 38.2 Å². The highest BCUT2D eigenvalue weighted by Gasteiger charge is 2.31. The molecule has 1 saturated carbocycles. The summed E-state index contributed by atoms with van der Waals surface area (Å²) in [5, 5.41) is 24.4. The number of aryl methyl sites for hydroxylation is 1. The lowest BCUT2D eigenvalue weighted by Crippen LogP contribution is -2.40. The van der Waals surface area contributed by atoms with Gasteiger partial charge in [-0.3, -0.25) is 10.1 Å². The van der Waals surface area contributed by atoms with E-state index in [1.807, 2.05) is 0 Å². The van der Waals surface area contributed by atoms with Gasteiger partial charge in [-0.05, 0) is 38.5 Å². The third-order valence-corrected chi connectivity index (χ3v) is 4.07. The number of aliphatic hydroxyl groups is 1. The summed E-state index contributed by atoms with van der Waals surface area (Å²) in [6.07, 6.45) is 5.02. The van der Waals surface area contributed by atoms with E-state index in [4.69, 9.17) is 0 Å². The molecule has 2 rings (SSSR count). The van der Waals surface area contributed by atoms with E-state index in [0.29, 0.717) is 23.8 Å². The van der Waals surface area contributed by atoms with Gasteiger partial charge in [-0.2, -0.15) is 0 Å². The molecule has 0 spiro atoms. The normalized spacial score (nSPS) is 26.2. The van der Waals surface area contributed by atoms with Gasteiger partial charge in [-0.25, -0.2) is 4.98 Å². The highest BCUT2D eigenvalue weighted by Crippen LogP contribution is 2.32. The Hall–Kier alpha value is -1.69. The minimum atomic E-state index is -0.728. The summed E-state index contributed by atoms with van der Waals surface area (Å²) in [6.45, 7) is 4.23. The van der Waals surface area contributed by atoms with Crippen LogP contribution in [0.15, 0.2) is 12.3 Å². The van der Waals surface area contributed by atoms with E-state index >= 15 is 0 Å². The molecule has 110 valence electrons. The van der Waals surface area contributed by atoms with Crippen LogP contribution in [0.5, 0.6) is 0 Å². The summed E-state index contributed by atoms with van der Waals surface area (Å²) in [7, 11) is 0. The number of nitrogens with one attached hydrogen (secondary N) is 1. The topological polar surface area (TPSA) is 88.3 Å². The lowest BCUT2D eigenvalue weighted by Gasteiger charge is -2.35. The third-order valence-electron chi connectivity index (χ3n) is 4.07. The summed E-state index contributed by atoms with van der Waals surface area (Å²) < 4.78 is 0. The molecule has 20 heavy (non-hydrogen) atoms. The second-order valence-electron chi connectivity index (χ2n) is 5.87. The molecule has 1 fully saturated rings. The summed E-state index contributed by atoms with van der Waals surface area (Å²) >= 11 is 0. The molecule has 0 amide bonds. The fraction of sp³-hybridized carbons (Fsp3) is 0.643. The van der Waals surface area contributed by atoms with Crippen molar-refractivity contribution in [3.8, 4) is 0 Å². The van der Waals surface area contributed by atoms with Crippen LogP contribution in [0.25, 0.3) is 0 Å². The Kier molecular flexibility index (Phi) is 4.23. The van der Waals surface area contributed by atoms with Crippen molar-refractivity contribution in [3.05, 3.63) is 27.9 Å². The van der Waals surface area contributed by atoms with Crippen LogP contribution in [0.4, 0.5) is 11.5 Å². The first-order valence-corrected chi connectivity index (χ1v) is 6.97. The van der Waals surface area contributed by atoms with Crippen molar-refractivity contribution < 1.29 is 10.0 Å². The standard InChI is InChI=1S/C14H21N3O3/c1-10-3-5-14(18,6-4-10)9-16-13-7-12(17(19)20)11(2)8-15-13/h7-8,10,18H,3-6,9H2,1-2H3,(H,15,16). The predicted molar refractivity (Wildman–Crippen MR) is 76.7 cm³/mol. The van der Waals surface area contributed by atoms with Gasteiger partial charge >= 0.3 is 0 Å². The summed E-state index contributed by atoms with van der Waals surface area (Å²) in [6, 6.07) is 1.42. The van der Waals surface area contributed by atoms with Crippen LogP contribution in [0.2, 0.25) is 0 Å². The second kappa shape index (κ2) is 5.75. The Morgan fingerprint density at radius 2 is 2.20 bits per heavy atom. The van der Waals surface area contributed by atoms with Crippen molar-refractivity contribution in [1.82, 2.24) is 4.98 Å². The molecule has 0 unspecified atom stereocenters. The van der Waals surface area contributed by atoms with E-state index < -0.39 is 10.5 Å². The SMILES string of the molecule is Cc1cnc(NCC2(O)CCC(C)CC2)cc1[N+](=O)[O-]. The Morgan fingerprint density at radius 3 is 2.80 bits per heavy atom. The maximum absolute atomic E-state index is 10.9. The molecule has 2 N–H and O–H groups in total. The van der Waals surface area contributed by atoms with Gasteiger partial charge in [0.1, 0.15) is 5.82 Å². The van der Waals surface area contributed by atoms with E-state index in [1.54, 1.807) is 6.92 Å². The number of nitrogens with zero attached hydrogens (tertiary/aromatic N) is 2. The summed E-state index contributed by atoms with van der Waals surface area (Å²) in [4.78, 5) is 14.6. The first-order valence-electron chi connectivity index (χ1n) is 6.97. The summed E-state index contributed by atoms with van der Waals surface area (Å²) in [5.74, 6) is 1.10. The maximum atomic E-state index is 10.9. The van der Waals surface area contributed by atoms with Crippen molar-refractivity contribution in [3.63, 3.8) is 0 Å². The lowest BCUT2D eigenvalue weighted by molar-refractivity contribution is -0.385. The Bertz CT molecular complexity index is 496. The molecule has 0 saturated heterocycles. The molecular formula is C14H21N3O3. The molecule has 0 radical (unpaired) electrons. The number of pyridine rings is 1. The lowest BCUT2D eigenvalue weighted by atomic mass is 9.79. The van der Waals surface area contributed by atoms with E-state index in [-0.39, 0.29) is 5.69 Å². The van der Waals surface area contributed by atoms with Crippen LogP contribution in [0, 0.1) is 23.0 Å². The highest BCUT2D eigenvalue weighted by atomic mass is 16.6. The van der Waals surface area contributed by atoms with Gasteiger partial charge in [0.2, 0.25) is 0 Å². The molecule has 0 aromatic carbocycles. The Labute approximate surface area is 118 Å². The van der Waals surface area contributed by atoms with Crippen LogP contribution < -0.4 is 5.32 Å². The van der Waals surface area contributed by atoms with Gasteiger partial charge in [-0.15, -0.1) is 0 Å². The smallest absolute Gasteiger partial charge is 0.277 e. The van der Waals surface area contributed by atoms with E-state index in [0.717, 1.165) is 25.7 Å². The first kappa shape index (κ1) is 14.7. The zero-order chi connectivity index (χ0) is 14.8. The van der Waals surface area contributed by atoms with Crippen molar-refractivity contribution in [2.24, 2.45) is 5.92 Å². The van der Waals surface area contributed by atoms with Crippen LogP contribution in [0.3, 0.4) is 0 Å². The molecule has 6 heteroatoms. The average Bonchev–Trinajstić information content (AvgIpc) is 2.41. The van der Waals surface area contributed by atoms with Crippen LogP contribution in [-0.2, 0) is 0 Å². The third kappa shape index (κ3) is 3.45. The molecule has 1 aromatic rings. The molecule has 6 nitrogen and oxygen atoms in total. The minimum absolute atomic E-state index is 0.0479. The number of rotatable bonds is 4. The van der Waals surface area contributed by atoms with Crippen molar-refractivity contribution in [2.45, 2.75) is 45.1 Å². The number of hydrogen-bond acceptors (Lipinski definition) is 5. The quantitative estimate of drug-likeness (QED) is 0.653. The van der Waals surface area contributed by atoms with E-state index in [2.05, 4.69) is 17.2 Å². The van der Waals surface area contributed by atoms with Crippen LogP contribution in [-0.4, -0.2) is 27.2 Å². The molecule has 1 aromatic heterocycles. The monoisotopic (exact) mass is 279 g/mol. The number of hydrogen-bond donors (Lipinski definition) is 2. The van der Waals surface area contributed by atoms with Crippen LogP contribution >= 0.6 is 0 Å².